The normalized spacial score (nSPS) is 17.9. The van der Waals surface area contributed by atoms with E-state index in [9.17, 15) is 27.6 Å². The Hall–Kier alpha value is -3.36. The number of nitrogens with one attached hydrogen (secondary N) is 2. The molecule has 0 unspecified atom stereocenters. The van der Waals surface area contributed by atoms with Crippen LogP contribution in [0.3, 0.4) is 0 Å². The van der Waals surface area contributed by atoms with Crippen LogP contribution in [-0.4, -0.2) is 28.9 Å². The minimum Gasteiger partial charge on any atom is -0.340 e. The fraction of sp³-hybridized carbons (Fsp3) is 0.118. The molecular formula is C17H12F3N3O3. The van der Waals surface area contributed by atoms with Gasteiger partial charge in [-0.1, -0.05) is 30.3 Å². The molecule has 26 heavy (non-hydrogen) atoms. The number of imide groups is 2. The smallest absolute Gasteiger partial charge is 0.340 e. The van der Waals surface area contributed by atoms with Gasteiger partial charge in [-0.25, -0.2) is 4.79 Å². The topological polar surface area (TPSA) is 78.5 Å². The van der Waals surface area contributed by atoms with Crippen molar-refractivity contribution in [2.45, 2.75) is 12.7 Å². The third-order valence-corrected chi connectivity index (χ3v) is 3.72. The van der Waals surface area contributed by atoms with E-state index in [-0.39, 0.29) is 12.1 Å². The molecule has 2 heterocycles. The number of carbonyl (C=O) groups excluding carboxylic acids is 3. The number of nitrogens with zero attached hydrogens (tertiary/aromatic N) is 1. The van der Waals surface area contributed by atoms with Gasteiger partial charge in [0.2, 0.25) is 0 Å². The first-order valence-electron chi connectivity index (χ1n) is 7.44. The Bertz CT molecular complexity index is 848. The zero-order valence-electron chi connectivity index (χ0n) is 13.1. The highest BCUT2D eigenvalue weighted by Gasteiger charge is 2.39. The molecule has 6 nitrogen and oxygen atoms in total. The van der Waals surface area contributed by atoms with Gasteiger partial charge in [-0.15, -0.1) is 0 Å². The van der Waals surface area contributed by atoms with Crippen LogP contribution in [0.25, 0.3) is 0 Å². The number of allylic oxidation sites excluding steroid dienone is 4. The quantitative estimate of drug-likeness (QED) is 0.623. The zero-order chi connectivity index (χ0) is 18.9. The molecule has 134 valence electrons. The number of amides is 4. The Morgan fingerprint density at radius 2 is 1.58 bits per heavy atom. The van der Waals surface area contributed by atoms with E-state index in [1.54, 1.807) is 30.3 Å². The second-order valence-electron chi connectivity index (χ2n) is 5.52. The highest BCUT2D eigenvalue weighted by atomic mass is 19.4. The summed E-state index contributed by atoms with van der Waals surface area (Å²) >= 11 is 0. The number of halogens is 3. The van der Waals surface area contributed by atoms with Gasteiger partial charge in [0.25, 0.3) is 11.8 Å². The van der Waals surface area contributed by atoms with Crippen LogP contribution in [0.5, 0.6) is 0 Å². The minimum atomic E-state index is -4.71. The van der Waals surface area contributed by atoms with E-state index in [1.165, 1.54) is 6.08 Å². The van der Waals surface area contributed by atoms with Crippen molar-refractivity contribution in [3.8, 4) is 0 Å². The molecule has 1 fully saturated rings. The Kier molecular flexibility index (Phi) is 4.37. The molecule has 0 atom stereocenters. The van der Waals surface area contributed by atoms with Gasteiger partial charge in [0, 0.05) is 12.7 Å². The summed E-state index contributed by atoms with van der Waals surface area (Å²) in [5.41, 5.74) is -1.16. The van der Waals surface area contributed by atoms with Gasteiger partial charge in [0.05, 0.1) is 0 Å². The molecule has 0 aromatic heterocycles. The van der Waals surface area contributed by atoms with Crippen molar-refractivity contribution in [2.75, 3.05) is 0 Å². The first-order chi connectivity index (χ1) is 12.3. The summed E-state index contributed by atoms with van der Waals surface area (Å²) in [5, 5.41) is 3.67. The van der Waals surface area contributed by atoms with Crippen molar-refractivity contribution < 1.29 is 27.6 Å². The first-order valence-corrected chi connectivity index (χ1v) is 7.44. The Labute approximate surface area is 145 Å². The SMILES string of the molecule is O=C1NC(=O)C(=C2C=CN(Cc3ccccc3)C(C(F)(F)F)=C2)C(=O)N1. The second-order valence-corrected chi connectivity index (χ2v) is 5.52. The van der Waals surface area contributed by atoms with Crippen LogP contribution in [0.2, 0.25) is 0 Å². The van der Waals surface area contributed by atoms with E-state index in [1.807, 2.05) is 10.6 Å². The third-order valence-electron chi connectivity index (χ3n) is 3.72. The number of hydrogen-bond acceptors (Lipinski definition) is 4. The summed E-state index contributed by atoms with van der Waals surface area (Å²) in [6, 6.07) is 7.52. The van der Waals surface area contributed by atoms with Crippen molar-refractivity contribution in [3.05, 3.63) is 71.1 Å². The van der Waals surface area contributed by atoms with Crippen LogP contribution in [0.4, 0.5) is 18.0 Å². The maximum absolute atomic E-state index is 13.5. The molecule has 0 spiro atoms. The number of rotatable bonds is 2. The molecule has 9 heteroatoms. The Balaban J connectivity index is 1.99. The molecule has 0 radical (unpaired) electrons. The molecule has 3 rings (SSSR count). The second kappa shape index (κ2) is 6.51. The van der Waals surface area contributed by atoms with Gasteiger partial charge >= 0.3 is 12.2 Å². The molecule has 2 N–H and O–H groups in total. The molecular weight excluding hydrogens is 351 g/mol. The lowest BCUT2D eigenvalue weighted by Crippen LogP contribution is -2.52. The summed E-state index contributed by atoms with van der Waals surface area (Å²) in [6.07, 6.45) is -1.62. The maximum atomic E-state index is 13.5. The minimum absolute atomic E-state index is 0.0395. The Morgan fingerprint density at radius 3 is 2.15 bits per heavy atom. The first kappa shape index (κ1) is 17.5. The van der Waals surface area contributed by atoms with Crippen molar-refractivity contribution >= 4 is 17.8 Å². The molecule has 2 aliphatic rings. The molecule has 4 amide bonds. The standard InChI is InChI=1S/C17H12F3N3O3/c18-17(19,20)12-8-11(13-14(24)21-16(26)22-15(13)25)6-7-23(12)9-10-4-2-1-3-5-10/h1-8H,9H2,(H2,21,22,24,25,26). The van der Waals surface area contributed by atoms with Crippen molar-refractivity contribution in [1.29, 1.82) is 0 Å². The van der Waals surface area contributed by atoms with Crippen LogP contribution in [0.1, 0.15) is 5.56 Å². The van der Waals surface area contributed by atoms with E-state index >= 15 is 0 Å². The zero-order valence-corrected chi connectivity index (χ0v) is 13.1. The maximum Gasteiger partial charge on any atom is 0.431 e. The lowest BCUT2D eigenvalue weighted by atomic mass is 10.0. The van der Waals surface area contributed by atoms with E-state index < -0.39 is 35.3 Å². The predicted molar refractivity (Wildman–Crippen MR) is 84.0 cm³/mol. The summed E-state index contributed by atoms with van der Waals surface area (Å²) < 4.78 is 40.4. The number of urea groups is 1. The third kappa shape index (κ3) is 3.51. The molecule has 0 bridgehead atoms. The lowest BCUT2D eigenvalue weighted by molar-refractivity contribution is -0.124. The van der Waals surface area contributed by atoms with Crippen LogP contribution in [0.15, 0.2) is 65.5 Å². The lowest BCUT2D eigenvalue weighted by Gasteiger charge is -2.29. The van der Waals surface area contributed by atoms with Gasteiger partial charge < -0.3 is 4.90 Å². The molecule has 0 aliphatic carbocycles. The fourth-order valence-electron chi connectivity index (χ4n) is 2.57. The van der Waals surface area contributed by atoms with E-state index in [0.29, 0.717) is 11.6 Å². The summed E-state index contributed by atoms with van der Waals surface area (Å²) in [4.78, 5) is 35.7. The molecule has 1 saturated heterocycles. The average molecular weight is 363 g/mol. The summed E-state index contributed by atoms with van der Waals surface area (Å²) in [5.74, 6) is -2.10. The summed E-state index contributed by atoms with van der Waals surface area (Å²) in [7, 11) is 0. The van der Waals surface area contributed by atoms with Gasteiger partial charge in [0.1, 0.15) is 11.3 Å². The number of hydrogen-bond donors (Lipinski definition) is 2. The van der Waals surface area contributed by atoms with E-state index in [2.05, 4.69) is 0 Å². The van der Waals surface area contributed by atoms with E-state index in [4.69, 9.17) is 0 Å². The highest BCUT2D eigenvalue weighted by Crippen LogP contribution is 2.34. The number of alkyl halides is 3. The number of benzene rings is 1. The van der Waals surface area contributed by atoms with Crippen LogP contribution in [-0.2, 0) is 16.1 Å². The monoisotopic (exact) mass is 363 g/mol. The number of carbonyl (C=O) groups is 3. The predicted octanol–water partition coefficient (Wildman–Crippen LogP) is 2.12. The number of barbiturate groups is 1. The van der Waals surface area contributed by atoms with Crippen LogP contribution >= 0.6 is 0 Å². The molecule has 1 aromatic carbocycles. The van der Waals surface area contributed by atoms with Gasteiger partial charge in [-0.3, -0.25) is 20.2 Å². The average Bonchev–Trinajstić information content (AvgIpc) is 2.55. The van der Waals surface area contributed by atoms with Gasteiger partial charge in [0.15, 0.2) is 0 Å². The van der Waals surface area contributed by atoms with Crippen molar-refractivity contribution in [3.63, 3.8) is 0 Å². The van der Waals surface area contributed by atoms with Crippen LogP contribution in [0, 0.1) is 0 Å². The molecule has 2 aliphatic heterocycles. The van der Waals surface area contributed by atoms with Crippen LogP contribution < -0.4 is 10.6 Å². The van der Waals surface area contributed by atoms with Gasteiger partial charge in [-0.2, -0.15) is 13.2 Å². The molecule has 1 aromatic rings. The molecule has 0 saturated carbocycles. The van der Waals surface area contributed by atoms with Gasteiger partial charge in [-0.05, 0) is 23.3 Å². The summed E-state index contributed by atoms with van der Waals surface area (Å²) in [6.45, 7) is -0.0395. The Morgan fingerprint density at radius 1 is 0.962 bits per heavy atom. The highest BCUT2D eigenvalue weighted by molar-refractivity contribution is 6.29. The van der Waals surface area contributed by atoms with Crippen molar-refractivity contribution in [1.82, 2.24) is 15.5 Å². The fourth-order valence-corrected chi connectivity index (χ4v) is 2.57. The largest absolute Gasteiger partial charge is 0.431 e. The van der Waals surface area contributed by atoms with Crippen molar-refractivity contribution in [2.24, 2.45) is 0 Å². The van der Waals surface area contributed by atoms with E-state index in [0.717, 1.165) is 11.1 Å².